The molecule has 1 aliphatic heterocycles. The summed E-state index contributed by atoms with van der Waals surface area (Å²) < 4.78 is 5.21. The van der Waals surface area contributed by atoms with Gasteiger partial charge < -0.3 is 15.4 Å². The van der Waals surface area contributed by atoms with Gasteiger partial charge in [-0.25, -0.2) is 0 Å². The molecule has 1 unspecified atom stereocenters. The molecule has 1 aromatic rings. The number of hydrogen-bond donors (Lipinski definition) is 2. The monoisotopic (exact) mass is 234 g/mol. The predicted molar refractivity (Wildman–Crippen MR) is 71.7 cm³/mol. The molecule has 1 atom stereocenters. The Kier molecular flexibility index (Phi) is 4.68. The van der Waals surface area contributed by atoms with Gasteiger partial charge in [0, 0.05) is 24.3 Å². The van der Waals surface area contributed by atoms with Gasteiger partial charge in [-0.3, -0.25) is 0 Å². The fraction of sp³-hybridized carbons (Fsp3) is 0.571. The number of nitrogens with one attached hydrogen (secondary N) is 2. The van der Waals surface area contributed by atoms with Gasteiger partial charge in [0.15, 0.2) is 0 Å². The Labute approximate surface area is 104 Å². The normalized spacial score (nSPS) is 20.6. The maximum atomic E-state index is 5.21. The molecule has 0 spiro atoms. The maximum absolute atomic E-state index is 5.21. The van der Waals surface area contributed by atoms with Crippen LogP contribution in [0.4, 0.5) is 5.69 Å². The zero-order valence-corrected chi connectivity index (χ0v) is 10.5. The summed E-state index contributed by atoms with van der Waals surface area (Å²) in [4.78, 5) is 0. The SMILES string of the molecule is COc1cccc(NCC2CCCCCN2)c1. The van der Waals surface area contributed by atoms with Crippen LogP contribution in [0, 0.1) is 0 Å². The van der Waals surface area contributed by atoms with Crippen molar-refractivity contribution in [2.45, 2.75) is 31.7 Å². The lowest BCUT2D eigenvalue weighted by Crippen LogP contribution is -2.34. The number of anilines is 1. The Morgan fingerprint density at radius 1 is 1.35 bits per heavy atom. The Balaban J connectivity index is 1.83. The molecule has 1 fully saturated rings. The molecular weight excluding hydrogens is 212 g/mol. The number of methoxy groups -OCH3 is 1. The van der Waals surface area contributed by atoms with Crippen molar-refractivity contribution in [2.75, 3.05) is 25.5 Å². The van der Waals surface area contributed by atoms with Crippen molar-refractivity contribution in [2.24, 2.45) is 0 Å². The van der Waals surface area contributed by atoms with E-state index in [1.165, 1.54) is 25.7 Å². The van der Waals surface area contributed by atoms with Crippen molar-refractivity contribution in [1.82, 2.24) is 5.32 Å². The van der Waals surface area contributed by atoms with Crippen LogP contribution < -0.4 is 15.4 Å². The van der Waals surface area contributed by atoms with E-state index < -0.39 is 0 Å². The lowest BCUT2D eigenvalue weighted by atomic mass is 10.1. The molecule has 2 rings (SSSR count). The predicted octanol–water partition coefficient (Wildman–Crippen LogP) is 2.64. The Hall–Kier alpha value is -1.22. The average Bonchev–Trinajstić information content (AvgIpc) is 2.65. The van der Waals surface area contributed by atoms with Crippen LogP contribution in [-0.2, 0) is 0 Å². The third kappa shape index (κ3) is 3.93. The number of hydrogen-bond acceptors (Lipinski definition) is 3. The minimum Gasteiger partial charge on any atom is -0.497 e. The van der Waals surface area contributed by atoms with E-state index in [2.05, 4.69) is 16.7 Å². The highest BCUT2D eigenvalue weighted by molar-refractivity contribution is 5.48. The van der Waals surface area contributed by atoms with Crippen LogP contribution >= 0.6 is 0 Å². The first kappa shape index (κ1) is 12.2. The Bertz CT molecular complexity index is 333. The second kappa shape index (κ2) is 6.50. The molecule has 1 saturated heterocycles. The van der Waals surface area contributed by atoms with E-state index in [0.717, 1.165) is 24.5 Å². The standard InChI is InChI=1S/C14H22N2O/c1-17-14-8-5-7-12(10-14)16-11-13-6-3-2-4-9-15-13/h5,7-8,10,13,15-16H,2-4,6,9,11H2,1H3. The van der Waals surface area contributed by atoms with Crippen LogP contribution in [0.15, 0.2) is 24.3 Å². The fourth-order valence-electron chi connectivity index (χ4n) is 2.25. The van der Waals surface area contributed by atoms with Crippen molar-refractivity contribution in [3.8, 4) is 5.75 Å². The first-order valence-electron chi connectivity index (χ1n) is 6.50. The highest BCUT2D eigenvalue weighted by atomic mass is 16.5. The number of rotatable bonds is 4. The van der Waals surface area contributed by atoms with E-state index in [4.69, 9.17) is 4.74 Å². The average molecular weight is 234 g/mol. The lowest BCUT2D eigenvalue weighted by Gasteiger charge is -2.17. The highest BCUT2D eigenvalue weighted by Gasteiger charge is 2.10. The molecule has 0 bridgehead atoms. The minimum atomic E-state index is 0.601. The molecule has 17 heavy (non-hydrogen) atoms. The van der Waals surface area contributed by atoms with Crippen LogP contribution in [0.2, 0.25) is 0 Å². The highest BCUT2D eigenvalue weighted by Crippen LogP contribution is 2.17. The number of benzene rings is 1. The van der Waals surface area contributed by atoms with Crippen molar-refractivity contribution < 1.29 is 4.74 Å². The van der Waals surface area contributed by atoms with Crippen LogP contribution in [0.1, 0.15) is 25.7 Å². The van der Waals surface area contributed by atoms with Gasteiger partial charge in [-0.05, 0) is 31.5 Å². The van der Waals surface area contributed by atoms with Gasteiger partial charge in [0.2, 0.25) is 0 Å². The minimum absolute atomic E-state index is 0.601. The zero-order valence-electron chi connectivity index (χ0n) is 10.5. The summed E-state index contributed by atoms with van der Waals surface area (Å²) >= 11 is 0. The first-order chi connectivity index (χ1) is 8.38. The smallest absolute Gasteiger partial charge is 0.120 e. The molecule has 3 heteroatoms. The fourth-order valence-corrected chi connectivity index (χ4v) is 2.25. The first-order valence-corrected chi connectivity index (χ1v) is 6.50. The van der Waals surface area contributed by atoms with Gasteiger partial charge in [-0.15, -0.1) is 0 Å². The molecule has 94 valence electrons. The third-order valence-corrected chi connectivity index (χ3v) is 3.28. The van der Waals surface area contributed by atoms with Gasteiger partial charge in [-0.2, -0.15) is 0 Å². The van der Waals surface area contributed by atoms with E-state index in [-0.39, 0.29) is 0 Å². The summed E-state index contributed by atoms with van der Waals surface area (Å²) in [6, 6.07) is 8.70. The molecule has 3 nitrogen and oxygen atoms in total. The topological polar surface area (TPSA) is 33.3 Å². The Morgan fingerprint density at radius 2 is 2.29 bits per heavy atom. The summed E-state index contributed by atoms with van der Waals surface area (Å²) in [7, 11) is 1.70. The third-order valence-electron chi connectivity index (χ3n) is 3.28. The van der Waals surface area contributed by atoms with Crippen LogP contribution in [0.5, 0.6) is 5.75 Å². The summed E-state index contributed by atoms with van der Waals surface area (Å²) in [5, 5.41) is 7.06. The number of ether oxygens (including phenoxy) is 1. The van der Waals surface area contributed by atoms with Gasteiger partial charge in [0.05, 0.1) is 7.11 Å². The van der Waals surface area contributed by atoms with Gasteiger partial charge in [-0.1, -0.05) is 18.9 Å². The molecule has 2 N–H and O–H groups in total. The van der Waals surface area contributed by atoms with Crippen LogP contribution in [-0.4, -0.2) is 26.2 Å². The molecule has 0 aromatic heterocycles. The van der Waals surface area contributed by atoms with E-state index in [1.807, 2.05) is 18.2 Å². The molecule has 1 aliphatic rings. The Morgan fingerprint density at radius 3 is 3.18 bits per heavy atom. The molecule has 1 heterocycles. The van der Waals surface area contributed by atoms with Crippen LogP contribution in [0.25, 0.3) is 0 Å². The van der Waals surface area contributed by atoms with Crippen molar-refractivity contribution >= 4 is 5.69 Å². The second-order valence-corrected chi connectivity index (χ2v) is 4.61. The molecule has 0 amide bonds. The summed E-state index contributed by atoms with van der Waals surface area (Å²) in [6.07, 6.45) is 5.30. The summed E-state index contributed by atoms with van der Waals surface area (Å²) in [6.45, 7) is 2.15. The van der Waals surface area contributed by atoms with Gasteiger partial charge >= 0.3 is 0 Å². The molecule has 0 aliphatic carbocycles. The maximum Gasteiger partial charge on any atom is 0.120 e. The zero-order chi connectivity index (χ0) is 11.9. The van der Waals surface area contributed by atoms with Crippen molar-refractivity contribution in [1.29, 1.82) is 0 Å². The van der Waals surface area contributed by atoms with Gasteiger partial charge in [0.25, 0.3) is 0 Å². The van der Waals surface area contributed by atoms with Crippen LogP contribution in [0.3, 0.4) is 0 Å². The van der Waals surface area contributed by atoms with Gasteiger partial charge in [0.1, 0.15) is 5.75 Å². The molecular formula is C14H22N2O. The lowest BCUT2D eigenvalue weighted by molar-refractivity contribution is 0.415. The van der Waals surface area contributed by atoms with E-state index in [0.29, 0.717) is 6.04 Å². The van der Waals surface area contributed by atoms with E-state index in [9.17, 15) is 0 Å². The van der Waals surface area contributed by atoms with E-state index >= 15 is 0 Å². The molecule has 1 aromatic carbocycles. The van der Waals surface area contributed by atoms with Crippen molar-refractivity contribution in [3.63, 3.8) is 0 Å². The summed E-state index contributed by atoms with van der Waals surface area (Å²) in [5.74, 6) is 0.906. The largest absolute Gasteiger partial charge is 0.497 e. The summed E-state index contributed by atoms with van der Waals surface area (Å²) in [5.41, 5.74) is 1.13. The molecule has 0 radical (unpaired) electrons. The van der Waals surface area contributed by atoms with Crippen molar-refractivity contribution in [3.05, 3.63) is 24.3 Å². The quantitative estimate of drug-likeness (QED) is 0.840. The molecule has 0 saturated carbocycles. The second-order valence-electron chi connectivity index (χ2n) is 4.61. The van der Waals surface area contributed by atoms with E-state index in [1.54, 1.807) is 7.11 Å².